The first kappa shape index (κ1) is 19.6. The molecule has 0 saturated carbocycles. The molecule has 3 nitrogen and oxygen atoms in total. The molecule has 0 unspecified atom stereocenters. The molecule has 2 rings (SSSR count). The Morgan fingerprint density at radius 2 is 1.44 bits per heavy atom. The van der Waals surface area contributed by atoms with Crippen molar-refractivity contribution in [2.75, 3.05) is 0 Å². The minimum atomic E-state index is -2.02. The van der Waals surface area contributed by atoms with Crippen LogP contribution in [0.15, 0.2) is 35.6 Å². The van der Waals surface area contributed by atoms with Crippen molar-refractivity contribution in [3.63, 3.8) is 0 Å². The van der Waals surface area contributed by atoms with Crippen molar-refractivity contribution in [1.82, 2.24) is 0 Å². The number of carbonyl (C=O) groups excluding carboxylic acids is 2. The third-order valence-electron chi connectivity index (χ3n) is 4.81. The number of unbranched alkanes of at least 4 members (excludes halogenated alkanes) is 5. The Morgan fingerprint density at radius 3 is 2.08 bits per heavy atom. The number of fused-ring (bicyclic) bond motifs is 1. The van der Waals surface area contributed by atoms with Crippen LogP contribution in [-0.2, 0) is 4.43 Å². The molecule has 0 atom stereocenters. The van der Waals surface area contributed by atoms with Gasteiger partial charge in [-0.3, -0.25) is 9.59 Å². The van der Waals surface area contributed by atoms with Gasteiger partial charge >= 0.3 is 0 Å². The van der Waals surface area contributed by atoms with Crippen molar-refractivity contribution in [2.45, 2.75) is 71.5 Å². The van der Waals surface area contributed by atoms with Crippen LogP contribution in [0.5, 0.6) is 0 Å². The summed E-state index contributed by atoms with van der Waals surface area (Å²) < 4.78 is 6.21. The number of Topliss-reactive ketones (excluding diaryl/α,β-unsaturated/α-hetero) is 2. The van der Waals surface area contributed by atoms with Crippen LogP contribution in [0, 0.1) is 0 Å². The zero-order chi connectivity index (χ0) is 18.4. The van der Waals surface area contributed by atoms with Gasteiger partial charge in [0.25, 0.3) is 0 Å². The fraction of sp³-hybridized carbons (Fsp3) is 0.524. The maximum Gasteiger partial charge on any atom is 0.245 e. The van der Waals surface area contributed by atoms with Crippen molar-refractivity contribution >= 4 is 19.9 Å². The zero-order valence-electron chi connectivity index (χ0n) is 16.0. The lowest BCUT2D eigenvalue weighted by Crippen LogP contribution is -2.34. The van der Waals surface area contributed by atoms with Gasteiger partial charge in [-0.15, -0.1) is 0 Å². The molecule has 0 amide bonds. The highest BCUT2D eigenvalue weighted by atomic mass is 28.4. The van der Waals surface area contributed by atoms with Gasteiger partial charge < -0.3 is 4.43 Å². The highest BCUT2D eigenvalue weighted by Crippen LogP contribution is 2.30. The Balaban J connectivity index is 2.02. The standard InChI is InChI=1S/C21H30O3Si/c1-5-6-7-8-9-12-15-25(3,4)24-21-16(2)19(22)17-13-10-11-14-18(17)20(21)23/h10-11,13-14H,5-9,12,15H2,1-4H3. The Kier molecular flexibility index (Phi) is 6.76. The lowest BCUT2D eigenvalue weighted by molar-refractivity contribution is 0.0934. The fourth-order valence-corrected chi connectivity index (χ4v) is 5.26. The first-order chi connectivity index (χ1) is 11.9. The number of hydrogen-bond donors (Lipinski definition) is 0. The molecule has 1 aromatic carbocycles. The van der Waals surface area contributed by atoms with Crippen molar-refractivity contribution < 1.29 is 14.0 Å². The molecule has 1 aliphatic rings. The van der Waals surface area contributed by atoms with E-state index in [1.807, 2.05) is 0 Å². The van der Waals surface area contributed by atoms with E-state index in [0.29, 0.717) is 16.7 Å². The van der Waals surface area contributed by atoms with E-state index >= 15 is 0 Å². The van der Waals surface area contributed by atoms with Crippen LogP contribution in [0.4, 0.5) is 0 Å². The molecule has 1 aliphatic carbocycles. The number of benzene rings is 1. The van der Waals surface area contributed by atoms with Crippen molar-refractivity contribution in [1.29, 1.82) is 0 Å². The number of hydrogen-bond acceptors (Lipinski definition) is 3. The number of rotatable bonds is 9. The molecular weight excluding hydrogens is 328 g/mol. The maximum absolute atomic E-state index is 12.8. The molecule has 1 aromatic rings. The summed E-state index contributed by atoms with van der Waals surface area (Å²) in [6.07, 6.45) is 7.48. The van der Waals surface area contributed by atoms with Crippen molar-refractivity contribution in [2.24, 2.45) is 0 Å². The van der Waals surface area contributed by atoms with Crippen LogP contribution >= 0.6 is 0 Å². The molecule has 0 N–H and O–H groups in total. The predicted octanol–water partition coefficient (Wildman–Crippen LogP) is 5.92. The molecule has 136 valence electrons. The van der Waals surface area contributed by atoms with Crippen LogP contribution in [0.1, 0.15) is 73.1 Å². The SMILES string of the molecule is CCCCCCCC[Si](C)(C)OC1=C(C)C(=O)c2ccccc2C1=O. The van der Waals surface area contributed by atoms with Crippen LogP contribution < -0.4 is 0 Å². The summed E-state index contributed by atoms with van der Waals surface area (Å²) in [5.41, 5.74) is 1.41. The summed E-state index contributed by atoms with van der Waals surface area (Å²) in [5.74, 6) is 0.0529. The van der Waals surface area contributed by atoms with Gasteiger partial charge in [0, 0.05) is 16.7 Å². The van der Waals surface area contributed by atoms with E-state index in [1.165, 1.54) is 32.1 Å². The topological polar surface area (TPSA) is 43.4 Å². The van der Waals surface area contributed by atoms with Crippen molar-refractivity contribution in [3.8, 4) is 0 Å². The van der Waals surface area contributed by atoms with E-state index in [2.05, 4.69) is 20.0 Å². The van der Waals surface area contributed by atoms with E-state index in [-0.39, 0.29) is 17.3 Å². The first-order valence-corrected chi connectivity index (χ1v) is 12.6. The normalized spacial score (nSPS) is 14.7. The number of allylic oxidation sites excluding steroid dienone is 2. The van der Waals surface area contributed by atoms with E-state index in [1.54, 1.807) is 31.2 Å². The summed E-state index contributed by atoms with van der Waals surface area (Å²) in [5, 5.41) is 0. The van der Waals surface area contributed by atoms with E-state index in [0.717, 1.165) is 12.5 Å². The molecule has 0 bridgehead atoms. The molecule has 4 heteroatoms. The summed E-state index contributed by atoms with van der Waals surface area (Å²) in [6.45, 7) is 8.20. The molecule has 0 radical (unpaired) electrons. The van der Waals surface area contributed by atoms with E-state index < -0.39 is 8.32 Å². The lowest BCUT2D eigenvalue weighted by Gasteiger charge is -2.28. The lowest BCUT2D eigenvalue weighted by atomic mass is 9.89. The molecule has 0 aliphatic heterocycles. The average molecular weight is 359 g/mol. The Labute approximate surface area is 152 Å². The van der Waals surface area contributed by atoms with E-state index in [4.69, 9.17) is 4.43 Å². The van der Waals surface area contributed by atoms with Gasteiger partial charge in [0.05, 0.1) is 0 Å². The van der Waals surface area contributed by atoms with Crippen LogP contribution in [0.2, 0.25) is 19.1 Å². The molecule has 0 saturated heterocycles. The van der Waals surface area contributed by atoms with Crippen LogP contribution in [0.25, 0.3) is 0 Å². The zero-order valence-corrected chi connectivity index (χ0v) is 17.0. The maximum atomic E-state index is 12.8. The third-order valence-corrected chi connectivity index (χ3v) is 7.13. The largest absolute Gasteiger partial charge is 0.541 e. The van der Waals surface area contributed by atoms with Gasteiger partial charge in [0.1, 0.15) is 0 Å². The molecule has 0 fully saturated rings. The third kappa shape index (κ3) is 4.91. The Morgan fingerprint density at radius 1 is 0.880 bits per heavy atom. The van der Waals surface area contributed by atoms with Gasteiger partial charge in [-0.1, -0.05) is 69.7 Å². The molecule has 0 heterocycles. The van der Waals surface area contributed by atoms with Crippen LogP contribution in [-0.4, -0.2) is 19.9 Å². The molecule has 0 spiro atoms. The predicted molar refractivity (Wildman–Crippen MR) is 105 cm³/mol. The monoisotopic (exact) mass is 358 g/mol. The number of carbonyl (C=O) groups is 2. The quantitative estimate of drug-likeness (QED) is 0.406. The van der Waals surface area contributed by atoms with Gasteiger partial charge in [-0.25, -0.2) is 0 Å². The van der Waals surface area contributed by atoms with Crippen LogP contribution in [0.3, 0.4) is 0 Å². The number of ketones is 2. The average Bonchev–Trinajstić information content (AvgIpc) is 2.60. The Bertz CT molecular complexity index is 673. The Hall–Kier alpha value is -1.68. The summed E-state index contributed by atoms with van der Waals surface area (Å²) in [6, 6.07) is 8.03. The highest BCUT2D eigenvalue weighted by Gasteiger charge is 2.35. The van der Waals surface area contributed by atoms with Gasteiger partial charge in [0.2, 0.25) is 14.1 Å². The second-order valence-electron chi connectivity index (χ2n) is 7.54. The van der Waals surface area contributed by atoms with E-state index in [9.17, 15) is 9.59 Å². The summed E-state index contributed by atoms with van der Waals surface area (Å²) in [4.78, 5) is 25.3. The summed E-state index contributed by atoms with van der Waals surface area (Å²) >= 11 is 0. The summed E-state index contributed by atoms with van der Waals surface area (Å²) in [7, 11) is -2.02. The smallest absolute Gasteiger partial charge is 0.245 e. The van der Waals surface area contributed by atoms with Gasteiger partial charge in [-0.2, -0.15) is 0 Å². The van der Waals surface area contributed by atoms with Gasteiger partial charge in [0.15, 0.2) is 11.5 Å². The van der Waals surface area contributed by atoms with Crippen molar-refractivity contribution in [3.05, 3.63) is 46.7 Å². The second kappa shape index (κ2) is 8.61. The molecule has 0 aromatic heterocycles. The minimum Gasteiger partial charge on any atom is -0.541 e. The highest BCUT2D eigenvalue weighted by molar-refractivity contribution is 6.71. The molecular formula is C21H30O3Si. The minimum absolute atomic E-state index is 0.0884. The molecule has 25 heavy (non-hydrogen) atoms. The van der Waals surface area contributed by atoms with Gasteiger partial charge in [-0.05, 0) is 26.1 Å². The fourth-order valence-electron chi connectivity index (χ4n) is 3.26. The second-order valence-corrected chi connectivity index (χ2v) is 11.8. The first-order valence-electron chi connectivity index (χ1n) is 9.45.